The summed E-state index contributed by atoms with van der Waals surface area (Å²) in [6, 6.07) is 0. The van der Waals surface area contributed by atoms with Crippen LogP contribution in [0.3, 0.4) is 0 Å². The van der Waals surface area contributed by atoms with Gasteiger partial charge < -0.3 is 14.0 Å². The highest BCUT2D eigenvalue weighted by Crippen LogP contribution is 2.48. The van der Waals surface area contributed by atoms with Crippen molar-refractivity contribution in [3.8, 4) is 0 Å². The van der Waals surface area contributed by atoms with E-state index in [-0.39, 0.29) is 24.4 Å². The Balaban J connectivity index is 1.86. The first-order chi connectivity index (χ1) is 9.36. The molecule has 2 atom stereocenters. The summed E-state index contributed by atoms with van der Waals surface area (Å²) in [5.41, 5.74) is 0.688. The summed E-state index contributed by atoms with van der Waals surface area (Å²) in [6.45, 7) is 8.41. The summed E-state index contributed by atoms with van der Waals surface area (Å²) in [6.07, 6.45) is 9.12. The summed E-state index contributed by atoms with van der Waals surface area (Å²) in [5.74, 6) is 1.12. The quantitative estimate of drug-likeness (QED) is 0.741. The molecule has 1 saturated carbocycles. The van der Waals surface area contributed by atoms with Crippen molar-refractivity contribution in [2.75, 3.05) is 7.11 Å². The standard InChI is InChI=1S/C16H25BO3/c1-15(2)16(3,4)20-17(19-15)12-7-6-8-13(18-5)14(12)11-9-10-11/h6-8,11,13-14H,9-10H2,1-5H3. The summed E-state index contributed by atoms with van der Waals surface area (Å²) < 4.78 is 18.1. The molecule has 110 valence electrons. The molecule has 3 nitrogen and oxygen atoms in total. The molecule has 0 aromatic carbocycles. The fraction of sp³-hybridized carbons (Fsp3) is 0.750. The van der Waals surface area contributed by atoms with Crippen molar-refractivity contribution < 1.29 is 14.0 Å². The Morgan fingerprint density at radius 3 is 2.25 bits per heavy atom. The van der Waals surface area contributed by atoms with E-state index in [0.717, 1.165) is 5.92 Å². The lowest BCUT2D eigenvalue weighted by Crippen LogP contribution is -2.41. The Morgan fingerprint density at radius 2 is 1.75 bits per heavy atom. The molecule has 0 bridgehead atoms. The summed E-state index contributed by atoms with van der Waals surface area (Å²) >= 11 is 0. The molecule has 4 heteroatoms. The zero-order valence-corrected chi connectivity index (χ0v) is 13.2. The number of ether oxygens (including phenoxy) is 1. The molecular formula is C16H25BO3. The van der Waals surface area contributed by atoms with Crippen LogP contribution >= 0.6 is 0 Å². The van der Waals surface area contributed by atoms with Gasteiger partial charge in [-0.05, 0) is 51.9 Å². The second kappa shape index (κ2) is 4.72. The predicted molar refractivity (Wildman–Crippen MR) is 80.3 cm³/mol. The van der Waals surface area contributed by atoms with E-state index >= 15 is 0 Å². The summed E-state index contributed by atoms with van der Waals surface area (Å²) in [4.78, 5) is 0. The van der Waals surface area contributed by atoms with Crippen molar-refractivity contribution in [1.29, 1.82) is 0 Å². The van der Waals surface area contributed by atoms with Gasteiger partial charge in [-0.1, -0.05) is 18.2 Å². The Kier molecular flexibility index (Phi) is 3.39. The molecule has 0 aromatic heterocycles. The van der Waals surface area contributed by atoms with Gasteiger partial charge in [0.15, 0.2) is 0 Å². The van der Waals surface area contributed by atoms with E-state index in [1.807, 2.05) is 0 Å². The van der Waals surface area contributed by atoms with Crippen LogP contribution in [0.2, 0.25) is 0 Å². The van der Waals surface area contributed by atoms with Crippen LogP contribution < -0.4 is 0 Å². The van der Waals surface area contributed by atoms with Gasteiger partial charge in [0.1, 0.15) is 0 Å². The average Bonchev–Trinajstić information content (AvgIpc) is 3.17. The third-order valence-electron chi connectivity index (χ3n) is 5.26. The van der Waals surface area contributed by atoms with Crippen molar-refractivity contribution in [1.82, 2.24) is 0 Å². The van der Waals surface area contributed by atoms with Crippen molar-refractivity contribution in [3.05, 3.63) is 23.7 Å². The zero-order chi connectivity index (χ0) is 14.5. The molecule has 0 spiro atoms. The molecular weight excluding hydrogens is 251 g/mol. The zero-order valence-electron chi connectivity index (χ0n) is 13.2. The molecule has 0 radical (unpaired) electrons. The van der Waals surface area contributed by atoms with Gasteiger partial charge in [0.2, 0.25) is 0 Å². The fourth-order valence-corrected chi connectivity index (χ4v) is 3.13. The fourth-order valence-electron chi connectivity index (χ4n) is 3.13. The topological polar surface area (TPSA) is 27.7 Å². The molecule has 1 aliphatic heterocycles. The van der Waals surface area contributed by atoms with Crippen LogP contribution in [-0.2, 0) is 14.0 Å². The van der Waals surface area contributed by atoms with Crippen LogP contribution in [-0.4, -0.2) is 31.5 Å². The lowest BCUT2D eigenvalue weighted by Gasteiger charge is -2.32. The van der Waals surface area contributed by atoms with Crippen LogP contribution in [0.1, 0.15) is 40.5 Å². The molecule has 2 unspecified atom stereocenters. The maximum Gasteiger partial charge on any atom is 0.490 e. The number of hydrogen-bond donors (Lipinski definition) is 0. The second-order valence-corrected chi connectivity index (χ2v) is 7.20. The molecule has 2 aliphatic carbocycles. The smallest absolute Gasteiger partial charge is 0.400 e. The third kappa shape index (κ3) is 2.28. The van der Waals surface area contributed by atoms with Gasteiger partial charge in [-0.25, -0.2) is 0 Å². The monoisotopic (exact) mass is 276 g/mol. The van der Waals surface area contributed by atoms with Gasteiger partial charge >= 0.3 is 7.12 Å². The predicted octanol–water partition coefficient (Wildman–Crippen LogP) is 3.16. The highest BCUT2D eigenvalue weighted by atomic mass is 16.7. The molecule has 3 rings (SSSR count). The van der Waals surface area contributed by atoms with E-state index in [1.165, 1.54) is 18.3 Å². The van der Waals surface area contributed by atoms with Crippen molar-refractivity contribution in [2.24, 2.45) is 11.8 Å². The first-order valence-corrected chi connectivity index (χ1v) is 7.62. The SMILES string of the molecule is COC1C=CC=C(B2OC(C)(C)C(C)(C)O2)C1C1CC1. The molecule has 0 amide bonds. The Hall–Kier alpha value is -0.575. The van der Waals surface area contributed by atoms with E-state index in [1.54, 1.807) is 7.11 Å². The highest BCUT2D eigenvalue weighted by molar-refractivity contribution is 6.55. The van der Waals surface area contributed by atoms with Gasteiger partial charge in [-0.15, -0.1) is 0 Å². The lowest BCUT2D eigenvalue weighted by molar-refractivity contribution is 0.00578. The van der Waals surface area contributed by atoms with Crippen molar-refractivity contribution in [2.45, 2.75) is 57.8 Å². The molecule has 0 N–H and O–H groups in total. The Bertz CT molecular complexity index is 433. The normalized spacial score (nSPS) is 35.2. The van der Waals surface area contributed by atoms with Gasteiger partial charge in [0.05, 0.1) is 17.3 Å². The summed E-state index contributed by atoms with van der Waals surface area (Å²) in [7, 11) is 1.55. The largest absolute Gasteiger partial charge is 0.490 e. The lowest BCUT2D eigenvalue weighted by atomic mass is 9.65. The van der Waals surface area contributed by atoms with Crippen LogP contribution in [0.4, 0.5) is 0 Å². The highest BCUT2D eigenvalue weighted by Gasteiger charge is 2.55. The van der Waals surface area contributed by atoms with E-state index in [0.29, 0.717) is 5.92 Å². The Labute approximate surface area is 122 Å². The maximum absolute atomic E-state index is 6.22. The van der Waals surface area contributed by atoms with Crippen molar-refractivity contribution in [3.63, 3.8) is 0 Å². The number of hydrogen-bond acceptors (Lipinski definition) is 3. The minimum absolute atomic E-state index is 0.154. The number of allylic oxidation sites excluding steroid dienone is 2. The second-order valence-electron chi connectivity index (χ2n) is 7.20. The van der Waals surface area contributed by atoms with E-state index in [9.17, 15) is 0 Å². The van der Waals surface area contributed by atoms with Gasteiger partial charge in [-0.3, -0.25) is 0 Å². The minimum atomic E-state index is -0.281. The van der Waals surface area contributed by atoms with Crippen LogP contribution in [0.25, 0.3) is 0 Å². The molecule has 20 heavy (non-hydrogen) atoms. The molecule has 3 aliphatic rings. The van der Waals surface area contributed by atoms with Gasteiger partial charge in [-0.2, -0.15) is 0 Å². The molecule has 2 fully saturated rings. The minimum Gasteiger partial charge on any atom is -0.400 e. The first-order valence-electron chi connectivity index (χ1n) is 7.62. The van der Waals surface area contributed by atoms with Crippen LogP contribution in [0.5, 0.6) is 0 Å². The van der Waals surface area contributed by atoms with E-state index < -0.39 is 0 Å². The third-order valence-corrected chi connectivity index (χ3v) is 5.26. The van der Waals surface area contributed by atoms with Gasteiger partial charge in [0.25, 0.3) is 0 Å². The number of rotatable bonds is 3. The first kappa shape index (κ1) is 14.4. The molecule has 0 aromatic rings. The van der Waals surface area contributed by atoms with Crippen molar-refractivity contribution >= 4 is 7.12 Å². The van der Waals surface area contributed by atoms with Gasteiger partial charge in [0, 0.05) is 13.0 Å². The number of methoxy groups -OCH3 is 1. The maximum atomic E-state index is 6.22. The van der Waals surface area contributed by atoms with E-state index in [2.05, 4.69) is 45.9 Å². The summed E-state index contributed by atoms with van der Waals surface area (Å²) in [5, 5.41) is 0. The van der Waals surface area contributed by atoms with Crippen LogP contribution in [0, 0.1) is 11.8 Å². The average molecular weight is 276 g/mol. The van der Waals surface area contributed by atoms with E-state index in [4.69, 9.17) is 14.0 Å². The van der Waals surface area contributed by atoms with Crippen LogP contribution in [0.15, 0.2) is 23.7 Å². The molecule has 1 saturated heterocycles. The molecule has 1 heterocycles. The Morgan fingerprint density at radius 1 is 1.15 bits per heavy atom.